The van der Waals surface area contributed by atoms with Crippen molar-refractivity contribution in [2.45, 2.75) is 83.6 Å². The van der Waals surface area contributed by atoms with Gasteiger partial charge in [0.2, 0.25) is 0 Å². The molecule has 1 rings (SSSR count). The van der Waals surface area contributed by atoms with Crippen LogP contribution in [0.3, 0.4) is 0 Å². The molecule has 0 saturated carbocycles. The Morgan fingerprint density at radius 2 is 1.42 bits per heavy atom. The quantitative estimate of drug-likeness (QED) is 0.228. The molecular weight excluding hydrogens is 386 g/mol. The van der Waals surface area contributed by atoms with Crippen molar-refractivity contribution in [2.75, 3.05) is 13.7 Å². The molecule has 152 valence electrons. The summed E-state index contributed by atoms with van der Waals surface area (Å²) in [5.74, 6) is 0. The molecule has 11 heteroatoms. The van der Waals surface area contributed by atoms with E-state index in [0.717, 1.165) is 0 Å². The molecule has 0 N–H and O–H groups in total. The van der Waals surface area contributed by atoms with Gasteiger partial charge in [-0.2, -0.15) is 0 Å². The molecule has 0 radical (unpaired) electrons. The van der Waals surface area contributed by atoms with Gasteiger partial charge in [0.25, 0.3) is 0 Å². The van der Waals surface area contributed by atoms with Gasteiger partial charge in [0.1, 0.15) is 12.2 Å². The summed E-state index contributed by atoms with van der Waals surface area (Å²) in [5.41, 5.74) is 8.55. The minimum atomic E-state index is -2.94. The van der Waals surface area contributed by atoms with Gasteiger partial charge in [0.15, 0.2) is 16.6 Å². The molecule has 1 fully saturated rings. The normalized spacial score (nSPS) is 29.3. The van der Waals surface area contributed by atoms with E-state index < -0.39 is 25.4 Å². The van der Waals surface area contributed by atoms with Gasteiger partial charge in [-0.3, -0.25) is 0 Å². The first-order valence-electron chi connectivity index (χ1n) is 9.10. The number of hydrogen-bond donors (Lipinski definition) is 0. The van der Waals surface area contributed by atoms with E-state index in [1.807, 2.05) is 13.8 Å². The van der Waals surface area contributed by atoms with E-state index in [-0.39, 0.29) is 31.0 Å². The number of nitrogens with zero attached hydrogens (tertiary/aromatic N) is 3. The van der Waals surface area contributed by atoms with Gasteiger partial charge >= 0.3 is 8.80 Å². The molecule has 4 atom stereocenters. The van der Waals surface area contributed by atoms with Crippen LogP contribution in [0.5, 0.6) is 0 Å². The van der Waals surface area contributed by atoms with Gasteiger partial charge in [-0.05, 0) is 58.7 Å². The molecule has 1 saturated heterocycles. The highest BCUT2D eigenvalue weighted by Gasteiger charge is 2.56. The summed E-state index contributed by atoms with van der Waals surface area (Å²) >= 11 is 0. The van der Waals surface area contributed by atoms with Crippen LogP contribution in [0.25, 0.3) is 10.4 Å². The van der Waals surface area contributed by atoms with Gasteiger partial charge in [0.05, 0.1) is 12.2 Å². The van der Waals surface area contributed by atoms with E-state index in [1.54, 1.807) is 7.11 Å². The summed E-state index contributed by atoms with van der Waals surface area (Å²) in [5, 5.41) is 3.61. The predicted octanol–water partition coefficient (Wildman–Crippen LogP) is 4.15. The van der Waals surface area contributed by atoms with Crippen LogP contribution in [0.15, 0.2) is 5.11 Å². The SMILES string of the molecule is CO[Si]1(CCN=[N+]=[N-])OC(C(C)O[Si](C)(C)C)C(C(C)O[Si](C)(C)C)O1. The van der Waals surface area contributed by atoms with Crippen LogP contribution in [-0.2, 0) is 22.1 Å². The van der Waals surface area contributed by atoms with E-state index in [4.69, 9.17) is 27.7 Å². The summed E-state index contributed by atoms with van der Waals surface area (Å²) in [6, 6.07) is 0.444. The maximum atomic E-state index is 8.55. The molecule has 0 amide bonds. The van der Waals surface area contributed by atoms with E-state index in [2.05, 4.69) is 49.3 Å². The van der Waals surface area contributed by atoms with Crippen molar-refractivity contribution in [2.24, 2.45) is 5.11 Å². The Hall–Kier alpha value is -0.239. The second kappa shape index (κ2) is 9.30. The maximum Gasteiger partial charge on any atom is 0.501 e. The van der Waals surface area contributed by atoms with E-state index in [9.17, 15) is 0 Å². The summed E-state index contributed by atoms with van der Waals surface area (Å²) in [7, 11) is -4.84. The third-order valence-corrected chi connectivity index (χ3v) is 8.73. The smallest absolute Gasteiger partial charge is 0.412 e. The zero-order chi connectivity index (χ0) is 20.2. The Bertz CT molecular complexity index is 476. The lowest BCUT2D eigenvalue weighted by Gasteiger charge is -2.34. The average molecular weight is 422 g/mol. The lowest BCUT2D eigenvalue weighted by atomic mass is 10.1. The molecule has 0 aromatic rings. The van der Waals surface area contributed by atoms with Crippen molar-refractivity contribution in [3.63, 3.8) is 0 Å². The monoisotopic (exact) mass is 421 g/mol. The van der Waals surface area contributed by atoms with Crippen molar-refractivity contribution < 1.29 is 22.1 Å². The highest BCUT2D eigenvalue weighted by atomic mass is 28.4. The highest BCUT2D eigenvalue weighted by molar-refractivity contribution is 6.70. The van der Waals surface area contributed by atoms with Crippen LogP contribution < -0.4 is 0 Å². The fourth-order valence-electron chi connectivity index (χ4n) is 3.10. The van der Waals surface area contributed by atoms with Crippen LogP contribution >= 0.6 is 0 Å². The first-order valence-corrected chi connectivity index (χ1v) is 17.8. The van der Waals surface area contributed by atoms with Crippen molar-refractivity contribution in [3.05, 3.63) is 10.4 Å². The summed E-state index contributed by atoms with van der Waals surface area (Å²) in [6.07, 6.45) is -0.816. The van der Waals surface area contributed by atoms with Crippen LogP contribution in [-0.4, -0.2) is 63.5 Å². The van der Waals surface area contributed by atoms with Gasteiger partial charge in [-0.1, -0.05) is 5.11 Å². The number of hydrogen-bond acceptors (Lipinski definition) is 6. The van der Waals surface area contributed by atoms with Crippen LogP contribution in [0.2, 0.25) is 45.3 Å². The Balaban J connectivity index is 3.04. The standard InChI is InChI=1S/C15H35N3O5Si3/c1-12(20-24(4,5)6)14-15(13(2)21-25(7,8)9)23-26(19-3,22-14)11-10-17-18-16/h12-15H,10-11H2,1-9H3. The van der Waals surface area contributed by atoms with Crippen molar-refractivity contribution >= 4 is 25.4 Å². The molecule has 0 aromatic carbocycles. The maximum absolute atomic E-state index is 8.55. The highest BCUT2D eigenvalue weighted by Crippen LogP contribution is 2.35. The molecule has 0 bridgehead atoms. The summed E-state index contributed by atoms with van der Waals surface area (Å²) < 4.78 is 30.9. The summed E-state index contributed by atoms with van der Waals surface area (Å²) in [4.78, 5) is 2.81. The third kappa shape index (κ3) is 7.41. The number of azide groups is 1. The zero-order valence-corrected chi connectivity index (χ0v) is 20.6. The minimum Gasteiger partial charge on any atom is -0.412 e. The summed E-state index contributed by atoms with van der Waals surface area (Å²) in [6.45, 7) is 17.2. The molecule has 4 unspecified atom stereocenters. The molecule has 0 spiro atoms. The van der Waals surface area contributed by atoms with Crippen molar-refractivity contribution in [1.29, 1.82) is 0 Å². The lowest BCUT2D eigenvalue weighted by molar-refractivity contribution is -0.00925. The largest absolute Gasteiger partial charge is 0.501 e. The van der Waals surface area contributed by atoms with Crippen LogP contribution in [0, 0.1) is 0 Å². The first-order chi connectivity index (χ1) is 11.8. The Morgan fingerprint density at radius 1 is 1.00 bits per heavy atom. The molecule has 0 aromatic heterocycles. The van der Waals surface area contributed by atoms with E-state index >= 15 is 0 Å². The van der Waals surface area contributed by atoms with Crippen molar-refractivity contribution in [1.82, 2.24) is 0 Å². The second-order valence-electron chi connectivity index (χ2n) is 8.63. The van der Waals surface area contributed by atoms with E-state index in [0.29, 0.717) is 6.04 Å². The Kier molecular flexibility index (Phi) is 8.52. The third-order valence-electron chi connectivity index (χ3n) is 3.85. The predicted molar refractivity (Wildman–Crippen MR) is 109 cm³/mol. The van der Waals surface area contributed by atoms with Gasteiger partial charge < -0.3 is 22.1 Å². The first kappa shape index (κ1) is 23.8. The van der Waals surface area contributed by atoms with Crippen LogP contribution in [0.1, 0.15) is 13.8 Å². The Labute approximate surface area is 160 Å². The topological polar surface area (TPSA) is 94.9 Å². The zero-order valence-electron chi connectivity index (χ0n) is 17.6. The van der Waals surface area contributed by atoms with Gasteiger partial charge in [-0.25, -0.2) is 0 Å². The lowest BCUT2D eigenvalue weighted by Crippen LogP contribution is -2.47. The minimum absolute atomic E-state index is 0.136. The number of rotatable bonds is 10. The molecule has 8 nitrogen and oxygen atoms in total. The molecule has 1 aliphatic rings. The fraction of sp³-hybridized carbons (Fsp3) is 1.00. The second-order valence-corrected chi connectivity index (χ2v) is 20.3. The van der Waals surface area contributed by atoms with Gasteiger partial charge in [-0.15, -0.1) is 0 Å². The molecule has 1 heterocycles. The molecular formula is C15H35N3O5Si3. The Morgan fingerprint density at radius 3 is 1.73 bits per heavy atom. The van der Waals surface area contributed by atoms with Gasteiger partial charge in [0, 0.05) is 24.6 Å². The fourth-order valence-corrected chi connectivity index (χ4v) is 8.14. The molecule has 26 heavy (non-hydrogen) atoms. The molecule has 0 aliphatic carbocycles. The van der Waals surface area contributed by atoms with Crippen LogP contribution in [0.4, 0.5) is 0 Å². The average Bonchev–Trinajstić information content (AvgIpc) is 2.85. The molecule has 1 aliphatic heterocycles. The van der Waals surface area contributed by atoms with Crippen molar-refractivity contribution in [3.8, 4) is 0 Å². The van der Waals surface area contributed by atoms with E-state index in [1.165, 1.54) is 0 Å².